The van der Waals surface area contributed by atoms with Crippen molar-refractivity contribution in [3.8, 4) is 5.75 Å². The summed E-state index contributed by atoms with van der Waals surface area (Å²) in [6.07, 6.45) is 0.859. The molecule has 1 aliphatic heterocycles. The van der Waals surface area contributed by atoms with Gasteiger partial charge >= 0.3 is 0 Å². The van der Waals surface area contributed by atoms with Crippen LogP contribution in [-0.4, -0.2) is 41.7 Å². The third-order valence-corrected chi connectivity index (χ3v) is 3.34. The lowest BCUT2D eigenvalue weighted by molar-refractivity contribution is -0.00294. The number of phenols is 1. The van der Waals surface area contributed by atoms with Gasteiger partial charge in [0, 0.05) is 6.54 Å². The first kappa shape index (κ1) is 12.9. The molecular weight excluding hydrogens is 230 g/mol. The van der Waals surface area contributed by atoms with Gasteiger partial charge in [-0.25, -0.2) is 0 Å². The highest BCUT2D eigenvalue weighted by Gasteiger charge is 2.28. The molecule has 0 saturated carbocycles. The Kier molecular flexibility index (Phi) is 3.87. The Hall–Kier alpha value is -1.55. The van der Waals surface area contributed by atoms with Gasteiger partial charge in [0.05, 0.1) is 24.8 Å². The van der Waals surface area contributed by atoms with Gasteiger partial charge in [-0.15, -0.1) is 0 Å². The van der Waals surface area contributed by atoms with Crippen LogP contribution in [0.15, 0.2) is 18.2 Å². The summed E-state index contributed by atoms with van der Waals surface area (Å²) >= 11 is 0. The second kappa shape index (κ2) is 5.40. The topological polar surface area (TPSA) is 49.8 Å². The van der Waals surface area contributed by atoms with Crippen LogP contribution in [0, 0.1) is 6.92 Å². The molecule has 18 heavy (non-hydrogen) atoms. The molecule has 1 heterocycles. The maximum atomic E-state index is 12.5. The molecule has 0 spiro atoms. The molecule has 4 heteroatoms. The van der Waals surface area contributed by atoms with Crippen LogP contribution in [0.1, 0.15) is 29.3 Å². The van der Waals surface area contributed by atoms with Crippen LogP contribution in [-0.2, 0) is 4.74 Å². The highest BCUT2D eigenvalue weighted by molar-refractivity contribution is 5.97. The van der Waals surface area contributed by atoms with Crippen LogP contribution < -0.4 is 0 Å². The first-order valence-corrected chi connectivity index (χ1v) is 6.31. The zero-order valence-electron chi connectivity index (χ0n) is 10.8. The van der Waals surface area contributed by atoms with Gasteiger partial charge in [-0.1, -0.05) is 18.6 Å². The molecule has 1 atom stereocenters. The van der Waals surface area contributed by atoms with E-state index in [0.29, 0.717) is 25.3 Å². The number of ether oxygens (including phenoxy) is 1. The molecule has 1 fully saturated rings. The maximum absolute atomic E-state index is 12.5. The van der Waals surface area contributed by atoms with Crippen molar-refractivity contribution in [1.29, 1.82) is 0 Å². The SMILES string of the molecule is CCC1COCCN1C(=O)c1cc(C)ccc1O. The second-order valence-electron chi connectivity index (χ2n) is 4.66. The molecule has 98 valence electrons. The summed E-state index contributed by atoms with van der Waals surface area (Å²) in [6, 6.07) is 5.21. The molecule has 1 amide bonds. The third-order valence-electron chi connectivity index (χ3n) is 3.34. The number of phenolic OH excluding ortho intramolecular Hbond substituents is 1. The van der Waals surface area contributed by atoms with E-state index in [1.807, 2.05) is 13.8 Å². The monoisotopic (exact) mass is 249 g/mol. The van der Waals surface area contributed by atoms with Gasteiger partial charge in [-0.05, 0) is 25.5 Å². The molecule has 2 rings (SSSR count). The Balaban J connectivity index is 2.26. The summed E-state index contributed by atoms with van der Waals surface area (Å²) in [5.74, 6) is -0.0571. The number of morpholine rings is 1. The van der Waals surface area contributed by atoms with E-state index in [0.717, 1.165) is 12.0 Å². The zero-order valence-corrected chi connectivity index (χ0v) is 10.8. The Morgan fingerprint density at radius 1 is 1.56 bits per heavy atom. The molecule has 0 aliphatic carbocycles. The lowest BCUT2D eigenvalue weighted by atomic mass is 10.1. The van der Waals surface area contributed by atoms with Crippen LogP contribution in [0.3, 0.4) is 0 Å². The fourth-order valence-electron chi connectivity index (χ4n) is 2.24. The van der Waals surface area contributed by atoms with Crippen molar-refractivity contribution in [2.24, 2.45) is 0 Å². The molecule has 0 radical (unpaired) electrons. The second-order valence-corrected chi connectivity index (χ2v) is 4.66. The van der Waals surface area contributed by atoms with Crippen molar-refractivity contribution in [2.75, 3.05) is 19.8 Å². The van der Waals surface area contributed by atoms with Crippen LogP contribution in [0.4, 0.5) is 0 Å². The predicted molar refractivity (Wildman–Crippen MR) is 68.8 cm³/mol. The molecule has 1 saturated heterocycles. The minimum Gasteiger partial charge on any atom is -0.507 e. The van der Waals surface area contributed by atoms with Gasteiger partial charge in [-0.3, -0.25) is 4.79 Å². The lowest BCUT2D eigenvalue weighted by Crippen LogP contribution is -2.48. The van der Waals surface area contributed by atoms with Crippen molar-refractivity contribution >= 4 is 5.91 Å². The van der Waals surface area contributed by atoms with E-state index in [1.165, 1.54) is 0 Å². The summed E-state index contributed by atoms with van der Waals surface area (Å²) in [6.45, 7) is 5.68. The summed E-state index contributed by atoms with van der Waals surface area (Å²) in [5.41, 5.74) is 1.35. The minimum absolute atomic E-state index is 0.0481. The number of aryl methyl sites for hydroxylation is 1. The summed E-state index contributed by atoms with van der Waals surface area (Å²) in [4.78, 5) is 14.3. The fourth-order valence-corrected chi connectivity index (χ4v) is 2.24. The molecule has 1 N–H and O–H groups in total. The third kappa shape index (κ3) is 2.48. The molecular formula is C14H19NO3. The quantitative estimate of drug-likeness (QED) is 0.871. The fraction of sp³-hybridized carbons (Fsp3) is 0.500. The number of carbonyl (C=O) groups excluding carboxylic acids is 1. The molecule has 1 aromatic carbocycles. The van der Waals surface area contributed by atoms with Gasteiger partial charge in [0.15, 0.2) is 0 Å². The summed E-state index contributed by atoms with van der Waals surface area (Å²) < 4.78 is 5.39. The lowest BCUT2D eigenvalue weighted by Gasteiger charge is -2.35. The average molecular weight is 249 g/mol. The summed E-state index contributed by atoms with van der Waals surface area (Å²) in [7, 11) is 0. The van der Waals surface area contributed by atoms with Crippen LogP contribution >= 0.6 is 0 Å². The standard InChI is InChI=1S/C14H19NO3/c1-3-11-9-18-7-6-15(11)14(17)12-8-10(2)4-5-13(12)16/h4-5,8,11,16H,3,6-7,9H2,1-2H3. The van der Waals surface area contributed by atoms with Crippen LogP contribution in [0.5, 0.6) is 5.75 Å². The van der Waals surface area contributed by atoms with Crippen LogP contribution in [0.25, 0.3) is 0 Å². The van der Waals surface area contributed by atoms with Crippen molar-refractivity contribution in [2.45, 2.75) is 26.3 Å². The summed E-state index contributed by atoms with van der Waals surface area (Å²) in [5, 5.41) is 9.82. The Labute approximate surface area is 107 Å². The van der Waals surface area contributed by atoms with Crippen LogP contribution in [0.2, 0.25) is 0 Å². The van der Waals surface area contributed by atoms with Gasteiger partial charge in [0.1, 0.15) is 5.75 Å². The van der Waals surface area contributed by atoms with E-state index in [2.05, 4.69) is 0 Å². The molecule has 1 unspecified atom stereocenters. The van der Waals surface area contributed by atoms with Crippen molar-refractivity contribution in [3.63, 3.8) is 0 Å². The highest BCUT2D eigenvalue weighted by Crippen LogP contribution is 2.22. The predicted octanol–water partition coefficient (Wildman–Crippen LogP) is 1.95. The number of aromatic hydroxyl groups is 1. The Bertz CT molecular complexity index is 445. The number of benzene rings is 1. The van der Waals surface area contributed by atoms with Gasteiger partial charge in [-0.2, -0.15) is 0 Å². The van der Waals surface area contributed by atoms with Gasteiger partial charge < -0.3 is 14.7 Å². The smallest absolute Gasteiger partial charge is 0.258 e. The van der Waals surface area contributed by atoms with E-state index in [4.69, 9.17) is 4.74 Å². The number of amides is 1. The molecule has 4 nitrogen and oxygen atoms in total. The minimum atomic E-state index is -0.105. The normalized spacial score (nSPS) is 19.9. The number of hydrogen-bond donors (Lipinski definition) is 1. The van der Waals surface area contributed by atoms with Gasteiger partial charge in [0.25, 0.3) is 5.91 Å². The van der Waals surface area contributed by atoms with Crippen molar-refractivity contribution in [1.82, 2.24) is 4.90 Å². The number of carbonyl (C=O) groups is 1. The molecule has 0 aromatic heterocycles. The van der Waals surface area contributed by atoms with E-state index < -0.39 is 0 Å². The molecule has 1 aliphatic rings. The van der Waals surface area contributed by atoms with Crippen molar-refractivity contribution in [3.05, 3.63) is 29.3 Å². The van der Waals surface area contributed by atoms with E-state index in [9.17, 15) is 9.90 Å². The Morgan fingerprint density at radius 2 is 2.33 bits per heavy atom. The number of nitrogens with zero attached hydrogens (tertiary/aromatic N) is 1. The van der Waals surface area contributed by atoms with Crippen molar-refractivity contribution < 1.29 is 14.6 Å². The molecule has 1 aromatic rings. The van der Waals surface area contributed by atoms with E-state index in [-0.39, 0.29) is 17.7 Å². The van der Waals surface area contributed by atoms with E-state index >= 15 is 0 Å². The first-order chi connectivity index (χ1) is 8.63. The molecule has 0 bridgehead atoms. The average Bonchev–Trinajstić information content (AvgIpc) is 2.40. The Morgan fingerprint density at radius 3 is 3.06 bits per heavy atom. The maximum Gasteiger partial charge on any atom is 0.258 e. The largest absolute Gasteiger partial charge is 0.507 e. The first-order valence-electron chi connectivity index (χ1n) is 6.31. The zero-order chi connectivity index (χ0) is 13.1. The number of hydrogen-bond acceptors (Lipinski definition) is 3. The van der Waals surface area contributed by atoms with E-state index in [1.54, 1.807) is 23.1 Å². The number of rotatable bonds is 2. The highest BCUT2D eigenvalue weighted by atomic mass is 16.5. The van der Waals surface area contributed by atoms with Gasteiger partial charge in [0.2, 0.25) is 0 Å².